The van der Waals surface area contributed by atoms with Crippen LogP contribution < -0.4 is 37.2 Å². The molecule has 0 radical (unpaired) electrons. The van der Waals surface area contributed by atoms with E-state index in [1.165, 1.54) is 36.4 Å². The van der Waals surface area contributed by atoms with Crippen LogP contribution in [0, 0.1) is 5.92 Å². The van der Waals surface area contributed by atoms with Gasteiger partial charge in [0.05, 0.1) is 33.0 Å². The number of Topliss-reactive ketones (excluding diaryl/α,β-unsaturated/α-hetero) is 1. The van der Waals surface area contributed by atoms with E-state index in [0.717, 1.165) is 0 Å². The number of phenols is 3. The van der Waals surface area contributed by atoms with E-state index in [1.807, 2.05) is 20.8 Å². The summed E-state index contributed by atoms with van der Waals surface area (Å²) in [5.74, 6) is -1.60. The van der Waals surface area contributed by atoms with E-state index in [9.17, 15) is 48.6 Å². The van der Waals surface area contributed by atoms with E-state index in [2.05, 4.69) is 37.2 Å². The molecule has 0 aromatic heterocycles. The topological polar surface area (TPSA) is 309 Å². The van der Waals surface area contributed by atoms with Gasteiger partial charge >= 0.3 is 0 Å². The van der Waals surface area contributed by atoms with E-state index in [-0.39, 0.29) is 155 Å². The predicted molar refractivity (Wildman–Crippen MR) is 272 cm³/mol. The Kier molecular flexibility index (Phi) is 32.9. The molecule has 21 nitrogen and oxygen atoms in total. The molecule has 21 heteroatoms. The largest absolute Gasteiger partial charge is 0.508 e. The number of ketones is 1. The lowest BCUT2D eigenvalue weighted by atomic mass is 10.0. The summed E-state index contributed by atoms with van der Waals surface area (Å²) in [6.45, 7) is 10.3. The van der Waals surface area contributed by atoms with Gasteiger partial charge in [0.1, 0.15) is 28.6 Å². The molecule has 0 saturated heterocycles. The Hall–Kier alpha value is -7.10. The summed E-state index contributed by atoms with van der Waals surface area (Å²) in [4.78, 5) is 95.7. The van der Waals surface area contributed by atoms with Crippen LogP contribution in [-0.2, 0) is 52.6 Å². The van der Waals surface area contributed by atoms with E-state index >= 15 is 0 Å². The molecule has 0 aliphatic rings. The van der Waals surface area contributed by atoms with Crippen LogP contribution >= 0.6 is 0 Å². The molecule has 0 atom stereocenters. The summed E-state index contributed by atoms with van der Waals surface area (Å²) in [7, 11) is 0. The lowest BCUT2D eigenvalue weighted by Crippen LogP contribution is -2.58. The Morgan fingerprint density at radius 1 is 0.514 bits per heavy atom. The quantitative estimate of drug-likeness (QED) is 0.0225. The lowest BCUT2D eigenvalue weighted by Gasteiger charge is -2.34. The lowest BCUT2D eigenvalue weighted by molar-refractivity contribution is -0.130. The maximum atomic E-state index is 13.1. The van der Waals surface area contributed by atoms with Gasteiger partial charge in [0.25, 0.3) is 0 Å². The number of anilines is 3. The first-order valence-electron chi connectivity index (χ1n) is 24.1. The van der Waals surface area contributed by atoms with Crippen molar-refractivity contribution < 1.29 is 67.9 Å². The van der Waals surface area contributed by atoms with Crippen LogP contribution in [0.15, 0.2) is 72.8 Å². The smallest absolute Gasteiger partial charge is 0.226 e. The molecule has 3 aromatic rings. The third-order valence-electron chi connectivity index (χ3n) is 9.69. The molecule has 398 valence electrons. The molecule has 0 aliphatic heterocycles. The Labute approximate surface area is 421 Å². The molecule has 0 heterocycles. The molecular weight excluding hydrogens is 935 g/mol. The van der Waals surface area contributed by atoms with Crippen molar-refractivity contribution in [2.75, 3.05) is 75.2 Å². The molecule has 3 rings (SSSR count). The monoisotopic (exact) mass is 1010 g/mol. The molecule has 0 fully saturated rings. The van der Waals surface area contributed by atoms with Gasteiger partial charge in [-0.3, -0.25) is 38.4 Å². The molecule has 10 N–H and O–H groups in total. The minimum Gasteiger partial charge on any atom is -0.508 e. The maximum Gasteiger partial charge on any atom is 0.226 e. The number of ether oxygens (including phenoxy) is 3. The molecule has 0 unspecified atom stereocenters. The summed E-state index contributed by atoms with van der Waals surface area (Å²) in [6, 6.07) is 18.2. The summed E-state index contributed by atoms with van der Waals surface area (Å²) < 4.78 is 17.6. The first-order valence-corrected chi connectivity index (χ1v) is 24.1. The highest BCUT2D eigenvalue weighted by atomic mass is 16.5. The van der Waals surface area contributed by atoms with Crippen LogP contribution in [-0.4, -0.2) is 128 Å². The van der Waals surface area contributed by atoms with Crippen LogP contribution in [0.2, 0.25) is 0 Å². The highest BCUT2D eigenvalue weighted by molar-refractivity contribution is 5.92. The fourth-order valence-corrected chi connectivity index (χ4v) is 5.94. The molecule has 0 saturated carbocycles. The predicted octanol–water partition coefficient (Wildman–Crippen LogP) is 4.67. The standard InChI is InChI=1S/C39H57N5O11.C10H12N2O3.C2H6/c1-4-22-53-25-39(44-38(52)7-5-6-33(47)28(2)3,26-54-23-18-34(48)40-20-16-36(50)42-29-8-12-31(45)13-9-29)27-55-24-19-35(49)41-21-17-37(51)43-30-10-14-32(46)15-11-30;13-7-11-6-5-10(15)12-8-1-3-9(14)4-2-8;1-2/h8-15,28,45-46H,4-7,16-27H2,1-3H3,(H,40,48)(H,41,49)(H,42,50)(H,43,51)(H,44,52);1-4,7,14H,5-6H2,(H,11,13)(H,12,15);1-2H3. The zero-order valence-corrected chi connectivity index (χ0v) is 42.1. The van der Waals surface area contributed by atoms with Crippen molar-refractivity contribution in [2.45, 2.75) is 97.9 Å². The third kappa shape index (κ3) is 30.5. The first kappa shape index (κ1) is 62.9. The number of carbonyl (C=O) groups excluding carboxylic acids is 8. The SMILES string of the molecule is CC.CCCOCC(COCCC(=O)NCCC(=O)Nc1ccc(O)cc1)(COCCC(=O)NCCC(=O)Nc1ccc(O)cc1)NC(=O)CCCC(=O)C(C)C.O=CNCCC(=O)Nc1ccc(O)cc1. The number of carbonyl (C=O) groups is 8. The van der Waals surface area contributed by atoms with Crippen LogP contribution in [0.25, 0.3) is 0 Å². The van der Waals surface area contributed by atoms with Crippen molar-refractivity contribution in [3.63, 3.8) is 0 Å². The summed E-state index contributed by atoms with van der Waals surface area (Å²) in [5.41, 5.74) is 0.466. The van der Waals surface area contributed by atoms with Crippen molar-refractivity contribution in [1.82, 2.24) is 21.3 Å². The van der Waals surface area contributed by atoms with Gasteiger partial charge < -0.3 is 66.7 Å². The highest BCUT2D eigenvalue weighted by Gasteiger charge is 2.34. The molecular formula is C51H75N7O14. The molecule has 0 spiro atoms. The number of nitrogens with one attached hydrogen (secondary N) is 7. The van der Waals surface area contributed by atoms with Gasteiger partial charge in [0, 0.05) is 94.2 Å². The van der Waals surface area contributed by atoms with Gasteiger partial charge in [-0.25, -0.2) is 0 Å². The molecule has 3 aromatic carbocycles. The number of aromatic hydroxyl groups is 3. The molecule has 0 bridgehead atoms. The van der Waals surface area contributed by atoms with Crippen molar-refractivity contribution in [1.29, 1.82) is 0 Å². The van der Waals surface area contributed by atoms with Gasteiger partial charge in [0.15, 0.2) is 0 Å². The number of phenolic OH excluding ortho intramolecular Hbond substituents is 3. The Morgan fingerprint density at radius 2 is 0.889 bits per heavy atom. The fourth-order valence-electron chi connectivity index (χ4n) is 5.94. The molecule has 0 aliphatic carbocycles. The second kappa shape index (κ2) is 37.7. The van der Waals surface area contributed by atoms with Gasteiger partial charge in [-0.15, -0.1) is 0 Å². The van der Waals surface area contributed by atoms with Crippen molar-refractivity contribution >= 4 is 64.7 Å². The third-order valence-corrected chi connectivity index (χ3v) is 9.69. The minimum absolute atomic E-state index is 0.0114. The average Bonchev–Trinajstić information content (AvgIpc) is 3.35. The second-order valence-corrected chi connectivity index (χ2v) is 16.3. The number of hydrogen-bond donors (Lipinski definition) is 10. The van der Waals surface area contributed by atoms with Crippen molar-refractivity contribution in [3.05, 3.63) is 72.8 Å². The van der Waals surface area contributed by atoms with E-state index in [4.69, 9.17) is 19.3 Å². The Bertz CT molecular complexity index is 1980. The van der Waals surface area contributed by atoms with Gasteiger partial charge in [-0.05, 0) is 85.6 Å². The number of benzene rings is 3. The normalized spacial score (nSPS) is 10.5. The summed E-state index contributed by atoms with van der Waals surface area (Å²) >= 11 is 0. The minimum atomic E-state index is -1.18. The van der Waals surface area contributed by atoms with Crippen LogP contribution in [0.5, 0.6) is 17.2 Å². The highest BCUT2D eigenvalue weighted by Crippen LogP contribution is 2.17. The van der Waals surface area contributed by atoms with E-state index in [1.54, 1.807) is 50.2 Å². The van der Waals surface area contributed by atoms with E-state index < -0.39 is 5.54 Å². The Balaban J connectivity index is 0.00000129. The van der Waals surface area contributed by atoms with Crippen LogP contribution in [0.1, 0.15) is 92.4 Å². The van der Waals surface area contributed by atoms with Gasteiger partial charge in [-0.2, -0.15) is 0 Å². The zero-order valence-electron chi connectivity index (χ0n) is 42.1. The van der Waals surface area contributed by atoms with E-state index in [0.29, 0.717) is 49.5 Å². The second-order valence-electron chi connectivity index (χ2n) is 16.3. The zero-order chi connectivity index (χ0) is 53.6. The number of amides is 7. The summed E-state index contributed by atoms with van der Waals surface area (Å²) in [5, 5.41) is 46.4. The fraction of sp³-hybridized carbons (Fsp3) is 0.490. The van der Waals surface area contributed by atoms with Crippen molar-refractivity contribution in [2.24, 2.45) is 5.92 Å². The van der Waals surface area contributed by atoms with Gasteiger partial charge in [0.2, 0.25) is 41.9 Å². The number of rotatable bonds is 33. The van der Waals surface area contributed by atoms with Crippen molar-refractivity contribution in [3.8, 4) is 17.2 Å². The van der Waals surface area contributed by atoms with Crippen LogP contribution in [0.4, 0.5) is 17.1 Å². The average molecular weight is 1010 g/mol. The first-order chi connectivity index (χ1) is 34.5. The summed E-state index contributed by atoms with van der Waals surface area (Å²) in [6.07, 6.45) is 2.21. The van der Waals surface area contributed by atoms with Gasteiger partial charge in [-0.1, -0.05) is 34.6 Å². The molecule has 7 amide bonds. The molecule has 72 heavy (non-hydrogen) atoms. The Morgan fingerprint density at radius 3 is 1.25 bits per heavy atom. The maximum absolute atomic E-state index is 13.1. The van der Waals surface area contributed by atoms with Crippen LogP contribution in [0.3, 0.4) is 0 Å². The number of hydrogen-bond acceptors (Lipinski definition) is 14.